The number of ether oxygens (including phenoxy) is 2. The molecule has 30 heavy (non-hydrogen) atoms. The number of ketones is 1. The van der Waals surface area contributed by atoms with E-state index in [1.54, 1.807) is 27.0 Å². The van der Waals surface area contributed by atoms with Crippen LogP contribution in [0.5, 0.6) is 0 Å². The Balaban J connectivity index is 2.01. The van der Waals surface area contributed by atoms with E-state index in [0.29, 0.717) is 5.52 Å². The van der Waals surface area contributed by atoms with Gasteiger partial charge in [0.2, 0.25) is 0 Å². The normalized spacial score (nSPS) is 19.4. The summed E-state index contributed by atoms with van der Waals surface area (Å²) in [7, 11) is 0. The van der Waals surface area contributed by atoms with Gasteiger partial charge in [-0.25, -0.2) is 9.59 Å². The van der Waals surface area contributed by atoms with Crippen LogP contribution in [-0.2, 0) is 20.7 Å². The predicted octanol–water partition coefficient (Wildman–Crippen LogP) is 4.55. The standard InChI is InChI=1S/C23H30N2O5/c1-13-15-9-8-10-17-18(15)14(12-25(17)21(28)30-23(5,6)7)11-16(19(13)26)24-20(27)29-22(2,3)4/h8-10,12-13,16H,11H2,1-7H3,(H,24,27)/t13-,16+/m1/s1. The Bertz CT molecular complexity index is 1010. The number of nitrogens with zero attached hydrogens (tertiary/aromatic N) is 1. The maximum absolute atomic E-state index is 13.1. The topological polar surface area (TPSA) is 86.6 Å². The van der Waals surface area contributed by atoms with E-state index < -0.39 is 35.3 Å². The Hall–Kier alpha value is -2.83. The Morgan fingerprint density at radius 2 is 1.70 bits per heavy atom. The highest BCUT2D eigenvalue weighted by atomic mass is 16.6. The van der Waals surface area contributed by atoms with Crippen LogP contribution in [0.3, 0.4) is 0 Å². The molecule has 1 heterocycles. The van der Waals surface area contributed by atoms with Crippen molar-refractivity contribution in [3.05, 3.63) is 35.5 Å². The summed E-state index contributed by atoms with van der Waals surface area (Å²) in [6.07, 6.45) is 0.859. The summed E-state index contributed by atoms with van der Waals surface area (Å²) < 4.78 is 12.4. The average Bonchev–Trinajstić information content (AvgIpc) is 2.91. The number of amides is 1. The molecule has 1 aliphatic rings. The minimum atomic E-state index is -0.750. The maximum Gasteiger partial charge on any atom is 0.419 e. The van der Waals surface area contributed by atoms with Crippen molar-refractivity contribution in [2.45, 2.75) is 78.0 Å². The van der Waals surface area contributed by atoms with Crippen molar-refractivity contribution in [1.29, 1.82) is 0 Å². The smallest absolute Gasteiger partial charge is 0.419 e. The Kier molecular flexibility index (Phi) is 5.43. The fraction of sp³-hybridized carbons (Fsp3) is 0.522. The lowest BCUT2D eigenvalue weighted by molar-refractivity contribution is -0.122. The molecule has 3 rings (SSSR count). The quantitative estimate of drug-likeness (QED) is 0.740. The highest BCUT2D eigenvalue weighted by molar-refractivity contribution is 6.02. The second kappa shape index (κ2) is 7.45. The van der Waals surface area contributed by atoms with E-state index >= 15 is 0 Å². The predicted molar refractivity (Wildman–Crippen MR) is 114 cm³/mol. The van der Waals surface area contributed by atoms with E-state index in [9.17, 15) is 14.4 Å². The molecule has 7 heteroatoms. The van der Waals surface area contributed by atoms with Crippen molar-refractivity contribution < 1.29 is 23.9 Å². The van der Waals surface area contributed by atoms with Gasteiger partial charge in [-0.3, -0.25) is 9.36 Å². The third-order valence-corrected chi connectivity index (χ3v) is 4.88. The molecule has 1 N–H and O–H groups in total. The summed E-state index contributed by atoms with van der Waals surface area (Å²) in [6.45, 7) is 12.6. The van der Waals surface area contributed by atoms with Gasteiger partial charge >= 0.3 is 12.2 Å². The molecular formula is C23H30N2O5. The number of Topliss-reactive ketones (excluding diaryl/α,β-unsaturated/α-hetero) is 1. The molecule has 0 bridgehead atoms. The van der Waals surface area contributed by atoms with E-state index in [1.807, 2.05) is 45.9 Å². The lowest BCUT2D eigenvalue weighted by Gasteiger charge is -2.23. The first-order valence-electron chi connectivity index (χ1n) is 10.2. The number of carbonyl (C=O) groups is 3. The molecule has 0 spiro atoms. The lowest BCUT2D eigenvalue weighted by atomic mass is 9.93. The summed E-state index contributed by atoms with van der Waals surface area (Å²) in [5, 5.41) is 3.57. The molecule has 2 aromatic rings. The largest absolute Gasteiger partial charge is 0.444 e. The number of hydrogen-bond acceptors (Lipinski definition) is 5. The van der Waals surface area contributed by atoms with Gasteiger partial charge in [-0.05, 0) is 58.7 Å². The fourth-order valence-electron chi connectivity index (χ4n) is 3.72. The number of benzene rings is 1. The Morgan fingerprint density at radius 1 is 1.07 bits per heavy atom. The van der Waals surface area contributed by atoms with Crippen LogP contribution in [0.1, 0.15) is 65.5 Å². The van der Waals surface area contributed by atoms with Crippen LogP contribution in [0.2, 0.25) is 0 Å². The summed E-state index contributed by atoms with van der Waals surface area (Å²) in [6, 6.07) is 4.81. The van der Waals surface area contributed by atoms with E-state index in [1.165, 1.54) is 4.57 Å². The molecule has 0 radical (unpaired) electrons. The van der Waals surface area contributed by atoms with Crippen LogP contribution in [0.25, 0.3) is 10.9 Å². The molecule has 0 unspecified atom stereocenters. The van der Waals surface area contributed by atoms with Crippen molar-refractivity contribution in [3.63, 3.8) is 0 Å². The molecule has 1 aliphatic carbocycles. The third kappa shape index (κ3) is 4.50. The molecule has 2 atom stereocenters. The number of nitrogens with one attached hydrogen (secondary N) is 1. The first-order valence-corrected chi connectivity index (χ1v) is 10.2. The molecule has 1 aromatic carbocycles. The van der Waals surface area contributed by atoms with Crippen molar-refractivity contribution >= 4 is 28.9 Å². The number of carbonyl (C=O) groups excluding carboxylic acids is 3. The minimum absolute atomic E-state index is 0.0895. The summed E-state index contributed by atoms with van der Waals surface area (Å²) >= 11 is 0. The van der Waals surface area contributed by atoms with Gasteiger partial charge in [0.1, 0.15) is 11.2 Å². The number of hydrogen-bond donors (Lipinski definition) is 1. The zero-order valence-electron chi connectivity index (χ0n) is 18.7. The third-order valence-electron chi connectivity index (χ3n) is 4.88. The van der Waals surface area contributed by atoms with Crippen molar-refractivity contribution in [2.75, 3.05) is 0 Å². The van der Waals surface area contributed by atoms with Crippen molar-refractivity contribution in [3.8, 4) is 0 Å². The molecule has 0 saturated carbocycles. The number of rotatable bonds is 1. The molecule has 1 amide bonds. The summed E-state index contributed by atoms with van der Waals surface area (Å²) in [4.78, 5) is 38.2. The lowest BCUT2D eigenvalue weighted by Crippen LogP contribution is -2.45. The second-order valence-electron chi connectivity index (χ2n) is 9.77. The number of aromatic nitrogens is 1. The van der Waals surface area contributed by atoms with Crippen LogP contribution in [0.4, 0.5) is 9.59 Å². The van der Waals surface area contributed by atoms with Crippen LogP contribution in [-0.4, -0.2) is 39.8 Å². The second-order valence-corrected chi connectivity index (χ2v) is 9.77. The van der Waals surface area contributed by atoms with Crippen LogP contribution in [0.15, 0.2) is 24.4 Å². The molecule has 0 fully saturated rings. The minimum Gasteiger partial charge on any atom is -0.444 e. The average molecular weight is 415 g/mol. The van der Waals surface area contributed by atoms with Gasteiger partial charge in [0.05, 0.1) is 11.6 Å². The van der Waals surface area contributed by atoms with Gasteiger partial charge in [-0.2, -0.15) is 0 Å². The van der Waals surface area contributed by atoms with Crippen LogP contribution in [0, 0.1) is 0 Å². The zero-order valence-corrected chi connectivity index (χ0v) is 18.7. The Morgan fingerprint density at radius 3 is 2.30 bits per heavy atom. The van der Waals surface area contributed by atoms with Crippen LogP contribution < -0.4 is 5.32 Å². The van der Waals surface area contributed by atoms with Crippen molar-refractivity contribution in [2.24, 2.45) is 0 Å². The number of alkyl carbamates (subject to hydrolysis) is 1. The zero-order chi connectivity index (χ0) is 22.4. The molecule has 162 valence electrons. The van der Waals surface area contributed by atoms with Crippen molar-refractivity contribution in [1.82, 2.24) is 9.88 Å². The molecule has 0 saturated heterocycles. The highest BCUT2D eigenvalue weighted by Gasteiger charge is 2.35. The molecule has 7 nitrogen and oxygen atoms in total. The SMILES string of the molecule is C[C@H]1C(=O)[C@@H](NC(=O)OC(C)(C)C)Cc2cn(C(=O)OC(C)(C)C)c3cccc1c23. The highest BCUT2D eigenvalue weighted by Crippen LogP contribution is 2.35. The van der Waals surface area contributed by atoms with E-state index in [4.69, 9.17) is 9.47 Å². The van der Waals surface area contributed by atoms with E-state index in [2.05, 4.69) is 5.32 Å². The summed E-state index contributed by atoms with van der Waals surface area (Å²) in [5.41, 5.74) is 1.04. The molecule has 0 aliphatic heterocycles. The van der Waals surface area contributed by atoms with Crippen LogP contribution >= 0.6 is 0 Å². The van der Waals surface area contributed by atoms with Gasteiger partial charge in [0.25, 0.3) is 0 Å². The fourth-order valence-corrected chi connectivity index (χ4v) is 3.72. The van der Waals surface area contributed by atoms with Gasteiger partial charge in [-0.1, -0.05) is 19.1 Å². The first-order chi connectivity index (χ1) is 13.8. The van der Waals surface area contributed by atoms with Gasteiger partial charge < -0.3 is 14.8 Å². The maximum atomic E-state index is 13.1. The Labute approximate surface area is 176 Å². The van der Waals surface area contributed by atoms with Gasteiger partial charge in [-0.15, -0.1) is 0 Å². The summed E-state index contributed by atoms with van der Waals surface area (Å²) in [5.74, 6) is -0.530. The van der Waals surface area contributed by atoms with Gasteiger partial charge in [0.15, 0.2) is 5.78 Å². The molecular weight excluding hydrogens is 384 g/mol. The van der Waals surface area contributed by atoms with E-state index in [0.717, 1.165) is 16.5 Å². The monoisotopic (exact) mass is 414 g/mol. The molecule has 1 aromatic heterocycles. The van der Waals surface area contributed by atoms with E-state index in [-0.39, 0.29) is 12.2 Å². The first kappa shape index (κ1) is 21.9. The van der Waals surface area contributed by atoms with Gasteiger partial charge in [0, 0.05) is 23.9 Å².